The van der Waals surface area contributed by atoms with Gasteiger partial charge in [-0.25, -0.2) is 0 Å². The normalized spacial score (nSPS) is 12.5. The van der Waals surface area contributed by atoms with E-state index in [-0.39, 0.29) is 0 Å². The largest absolute Gasteiger partial charge is 0.456 e. The monoisotopic (exact) mass is 341 g/mol. The van der Waals surface area contributed by atoms with E-state index in [0.29, 0.717) is 5.02 Å². The Hall–Kier alpha value is -2.97. The summed E-state index contributed by atoms with van der Waals surface area (Å²) >= 11 is 6.26. The first-order valence-corrected chi connectivity index (χ1v) is 8.61. The minimum atomic E-state index is 0.714. The second-order valence-corrected chi connectivity index (χ2v) is 6.87. The molecular formula is C22H12ClNO. The predicted molar refractivity (Wildman–Crippen MR) is 104 cm³/mol. The minimum absolute atomic E-state index is 0.714. The maximum atomic E-state index is 6.26. The van der Waals surface area contributed by atoms with Gasteiger partial charge in [0.25, 0.3) is 0 Å². The molecule has 0 bridgehead atoms. The van der Waals surface area contributed by atoms with Gasteiger partial charge >= 0.3 is 0 Å². The second-order valence-electron chi connectivity index (χ2n) is 6.44. The van der Waals surface area contributed by atoms with Crippen LogP contribution in [-0.4, -0.2) is 4.98 Å². The molecule has 1 aliphatic rings. The summed E-state index contributed by atoms with van der Waals surface area (Å²) in [5, 5.41) is 5.54. The van der Waals surface area contributed by atoms with E-state index in [2.05, 4.69) is 47.4 Å². The fourth-order valence-electron chi connectivity index (χ4n) is 4.01. The summed E-state index contributed by atoms with van der Waals surface area (Å²) in [5.74, 6) is 1.74. The molecule has 118 valence electrons. The van der Waals surface area contributed by atoms with Gasteiger partial charge in [0.15, 0.2) is 0 Å². The Bertz CT molecular complexity index is 1330. The SMILES string of the molecule is Clc1ccc2c(c1)-c1cc3[nH]c4ccccc4c3c3cccc(c13)O2. The maximum Gasteiger partial charge on any atom is 0.135 e. The van der Waals surface area contributed by atoms with Crippen LogP contribution in [-0.2, 0) is 0 Å². The molecule has 1 aliphatic heterocycles. The van der Waals surface area contributed by atoms with Crippen LogP contribution in [0.3, 0.4) is 0 Å². The molecule has 1 aromatic heterocycles. The number of nitrogens with one attached hydrogen (secondary N) is 1. The van der Waals surface area contributed by atoms with Gasteiger partial charge in [-0.1, -0.05) is 41.9 Å². The summed E-state index contributed by atoms with van der Waals surface area (Å²) in [5.41, 5.74) is 4.48. The van der Waals surface area contributed by atoms with E-state index < -0.39 is 0 Å². The zero-order chi connectivity index (χ0) is 16.5. The van der Waals surface area contributed by atoms with Crippen LogP contribution in [0.2, 0.25) is 5.02 Å². The zero-order valence-electron chi connectivity index (χ0n) is 13.1. The van der Waals surface area contributed by atoms with Gasteiger partial charge in [-0.05, 0) is 47.3 Å². The number of ether oxygens (including phenoxy) is 1. The molecule has 0 radical (unpaired) electrons. The molecular weight excluding hydrogens is 330 g/mol. The van der Waals surface area contributed by atoms with Gasteiger partial charge in [0.1, 0.15) is 11.5 Å². The molecule has 0 fully saturated rings. The Morgan fingerprint density at radius 2 is 1.56 bits per heavy atom. The Morgan fingerprint density at radius 3 is 2.52 bits per heavy atom. The Labute approximate surface area is 148 Å². The van der Waals surface area contributed by atoms with Gasteiger partial charge in [0.2, 0.25) is 0 Å². The molecule has 6 rings (SSSR count). The van der Waals surface area contributed by atoms with Crippen LogP contribution in [0.15, 0.2) is 66.7 Å². The first kappa shape index (κ1) is 13.3. The first-order valence-electron chi connectivity index (χ1n) is 8.23. The van der Waals surface area contributed by atoms with Gasteiger partial charge in [-0.15, -0.1) is 0 Å². The van der Waals surface area contributed by atoms with E-state index in [1.807, 2.05) is 24.3 Å². The fraction of sp³-hybridized carbons (Fsp3) is 0. The molecule has 0 spiro atoms. The van der Waals surface area contributed by atoms with Gasteiger partial charge < -0.3 is 9.72 Å². The van der Waals surface area contributed by atoms with E-state index in [1.165, 1.54) is 16.2 Å². The highest BCUT2D eigenvalue weighted by molar-refractivity contribution is 6.31. The molecule has 5 aromatic rings. The van der Waals surface area contributed by atoms with Crippen molar-refractivity contribution in [2.24, 2.45) is 0 Å². The summed E-state index contributed by atoms with van der Waals surface area (Å²) in [7, 11) is 0. The van der Waals surface area contributed by atoms with Crippen LogP contribution in [0.5, 0.6) is 11.5 Å². The lowest BCUT2D eigenvalue weighted by Crippen LogP contribution is -1.97. The van der Waals surface area contributed by atoms with Gasteiger partial charge in [0.05, 0.1) is 0 Å². The highest BCUT2D eigenvalue weighted by Gasteiger charge is 2.22. The first-order chi connectivity index (χ1) is 12.3. The molecule has 0 aliphatic carbocycles. The average Bonchev–Trinajstić information content (AvgIpc) is 3.01. The van der Waals surface area contributed by atoms with E-state index in [4.69, 9.17) is 16.3 Å². The number of hydrogen-bond acceptors (Lipinski definition) is 1. The number of halogens is 1. The lowest BCUT2D eigenvalue weighted by atomic mass is 9.92. The summed E-state index contributed by atoms with van der Waals surface area (Å²) in [6.07, 6.45) is 0. The molecule has 4 aromatic carbocycles. The molecule has 0 saturated heterocycles. The Kier molecular flexibility index (Phi) is 2.43. The summed E-state index contributed by atoms with van der Waals surface area (Å²) < 4.78 is 6.17. The zero-order valence-corrected chi connectivity index (χ0v) is 13.9. The molecule has 0 atom stereocenters. The third-order valence-electron chi connectivity index (χ3n) is 5.04. The fourth-order valence-corrected chi connectivity index (χ4v) is 4.18. The molecule has 2 nitrogen and oxygen atoms in total. The lowest BCUT2D eigenvalue weighted by molar-refractivity contribution is 0.487. The standard InChI is InChI=1S/C22H12ClNO/c23-12-8-9-19-15(10-12)16-11-18-21(13-4-1-2-6-17(13)24-18)14-5-3-7-20(25-19)22(14)16/h1-11,24H. The summed E-state index contributed by atoms with van der Waals surface area (Å²) in [6, 6.07) is 22.7. The predicted octanol–water partition coefficient (Wildman–Crippen LogP) is 6.90. The molecule has 25 heavy (non-hydrogen) atoms. The summed E-state index contributed by atoms with van der Waals surface area (Å²) in [4.78, 5) is 3.56. The number of aromatic nitrogens is 1. The van der Waals surface area contributed by atoms with Gasteiger partial charge in [-0.2, -0.15) is 0 Å². The third-order valence-corrected chi connectivity index (χ3v) is 5.28. The third kappa shape index (κ3) is 1.70. The van der Waals surface area contributed by atoms with Crippen molar-refractivity contribution < 1.29 is 4.74 Å². The lowest BCUT2D eigenvalue weighted by Gasteiger charge is -2.22. The number of fused-ring (bicyclic) bond motifs is 6. The molecule has 0 unspecified atom stereocenters. The van der Waals surface area contributed by atoms with E-state index in [1.54, 1.807) is 0 Å². The molecule has 0 saturated carbocycles. The van der Waals surface area contributed by atoms with Crippen molar-refractivity contribution in [3.8, 4) is 22.6 Å². The minimum Gasteiger partial charge on any atom is -0.456 e. The molecule has 0 amide bonds. The van der Waals surface area contributed by atoms with Gasteiger partial charge in [-0.3, -0.25) is 0 Å². The number of benzene rings is 4. The van der Waals surface area contributed by atoms with Crippen LogP contribution >= 0.6 is 11.6 Å². The van der Waals surface area contributed by atoms with Gasteiger partial charge in [0, 0.05) is 37.8 Å². The van der Waals surface area contributed by atoms with Crippen molar-refractivity contribution in [1.29, 1.82) is 0 Å². The van der Waals surface area contributed by atoms with Crippen molar-refractivity contribution >= 4 is 44.2 Å². The molecule has 2 heterocycles. The average molecular weight is 342 g/mol. The van der Waals surface area contributed by atoms with Crippen LogP contribution in [0.4, 0.5) is 0 Å². The van der Waals surface area contributed by atoms with Crippen LogP contribution in [0.25, 0.3) is 43.7 Å². The second kappa shape index (κ2) is 4.56. The van der Waals surface area contributed by atoms with Crippen LogP contribution in [0, 0.1) is 0 Å². The van der Waals surface area contributed by atoms with Crippen molar-refractivity contribution in [1.82, 2.24) is 4.98 Å². The van der Waals surface area contributed by atoms with Crippen molar-refractivity contribution in [3.63, 3.8) is 0 Å². The van der Waals surface area contributed by atoms with E-state index >= 15 is 0 Å². The number of hydrogen-bond donors (Lipinski definition) is 1. The number of rotatable bonds is 0. The van der Waals surface area contributed by atoms with Crippen molar-refractivity contribution in [3.05, 3.63) is 71.8 Å². The topological polar surface area (TPSA) is 25.0 Å². The quantitative estimate of drug-likeness (QED) is 0.319. The van der Waals surface area contributed by atoms with Crippen LogP contribution < -0.4 is 4.74 Å². The Balaban J connectivity index is 1.89. The smallest absolute Gasteiger partial charge is 0.135 e. The number of aromatic amines is 1. The number of H-pyrrole nitrogens is 1. The van der Waals surface area contributed by atoms with E-state index in [9.17, 15) is 0 Å². The summed E-state index contributed by atoms with van der Waals surface area (Å²) in [6.45, 7) is 0. The number of para-hydroxylation sites is 1. The molecule has 1 N–H and O–H groups in total. The highest BCUT2D eigenvalue weighted by atomic mass is 35.5. The van der Waals surface area contributed by atoms with Crippen molar-refractivity contribution in [2.45, 2.75) is 0 Å². The van der Waals surface area contributed by atoms with Crippen molar-refractivity contribution in [2.75, 3.05) is 0 Å². The highest BCUT2D eigenvalue weighted by Crippen LogP contribution is 2.49. The van der Waals surface area contributed by atoms with E-state index in [0.717, 1.165) is 39.0 Å². The maximum absolute atomic E-state index is 6.26. The Morgan fingerprint density at radius 1 is 0.680 bits per heavy atom. The van der Waals surface area contributed by atoms with Crippen LogP contribution in [0.1, 0.15) is 0 Å². The molecule has 3 heteroatoms.